The molecule has 0 radical (unpaired) electrons. The van der Waals surface area contributed by atoms with Gasteiger partial charge in [0.15, 0.2) is 0 Å². The predicted molar refractivity (Wildman–Crippen MR) is 59.5 cm³/mol. The van der Waals surface area contributed by atoms with Crippen molar-refractivity contribution >= 4 is 11.3 Å². The van der Waals surface area contributed by atoms with Gasteiger partial charge in [-0.05, 0) is 41.7 Å². The normalized spacial score (nSPS) is 11.9. The lowest BCUT2D eigenvalue weighted by molar-refractivity contribution is 0.0441. The highest BCUT2D eigenvalue weighted by molar-refractivity contribution is 7.07. The molecular weight excluding hydrogens is 196 g/mol. The topological polar surface area (TPSA) is 40.5 Å². The van der Waals surface area contributed by atoms with Crippen molar-refractivity contribution in [2.24, 2.45) is 5.41 Å². The van der Waals surface area contributed by atoms with Crippen molar-refractivity contribution in [3.8, 4) is 0 Å². The third-order valence-electron chi connectivity index (χ3n) is 2.94. The van der Waals surface area contributed by atoms with Gasteiger partial charge in [-0.1, -0.05) is 6.92 Å². The summed E-state index contributed by atoms with van der Waals surface area (Å²) in [6.45, 7) is 2.16. The van der Waals surface area contributed by atoms with Crippen LogP contribution in [0.15, 0.2) is 16.8 Å². The first-order valence-electron chi connectivity index (χ1n) is 4.99. The van der Waals surface area contributed by atoms with Crippen LogP contribution in [-0.4, -0.2) is 23.4 Å². The van der Waals surface area contributed by atoms with E-state index in [2.05, 4.69) is 16.8 Å². The maximum atomic E-state index is 9.25. The zero-order chi connectivity index (χ0) is 10.4. The van der Waals surface area contributed by atoms with Crippen LogP contribution < -0.4 is 0 Å². The minimum atomic E-state index is -0.290. The lowest BCUT2D eigenvalue weighted by Crippen LogP contribution is -2.29. The van der Waals surface area contributed by atoms with Crippen molar-refractivity contribution in [2.45, 2.75) is 26.2 Å². The summed E-state index contributed by atoms with van der Waals surface area (Å²) in [6.07, 6.45) is 2.62. The first kappa shape index (κ1) is 11.7. The quantitative estimate of drug-likeness (QED) is 0.761. The highest BCUT2D eigenvalue weighted by Gasteiger charge is 2.25. The molecule has 2 N–H and O–H groups in total. The van der Waals surface area contributed by atoms with Crippen molar-refractivity contribution in [3.63, 3.8) is 0 Å². The maximum Gasteiger partial charge on any atom is 0.0509 e. The van der Waals surface area contributed by atoms with E-state index in [4.69, 9.17) is 0 Å². The van der Waals surface area contributed by atoms with Crippen LogP contribution in [0.25, 0.3) is 0 Å². The Balaban J connectivity index is 2.48. The van der Waals surface area contributed by atoms with Crippen LogP contribution in [0.4, 0.5) is 0 Å². The molecule has 0 atom stereocenters. The summed E-state index contributed by atoms with van der Waals surface area (Å²) in [5.74, 6) is 0. The molecule has 0 saturated heterocycles. The van der Waals surface area contributed by atoms with E-state index in [1.165, 1.54) is 5.56 Å². The molecule has 80 valence electrons. The molecule has 0 aliphatic rings. The molecule has 0 bridgehead atoms. The van der Waals surface area contributed by atoms with Gasteiger partial charge in [0.2, 0.25) is 0 Å². The van der Waals surface area contributed by atoms with Gasteiger partial charge in [-0.15, -0.1) is 0 Å². The molecule has 2 nitrogen and oxygen atoms in total. The Hall–Kier alpha value is -0.380. The van der Waals surface area contributed by atoms with Crippen LogP contribution in [0, 0.1) is 5.41 Å². The van der Waals surface area contributed by atoms with Gasteiger partial charge in [0.05, 0.1) is 13.2 Å². The smallest absolute Gasteiger partial charge is 0.0509 e. The van der Waals surface area contributed by atoms with Gasteiger partial charge in [0, 0.05) is 5.41 Å². The van der Waals surface area contributed by atoms with Gasteiger partial charge >= 0.3 is 0 Å². The molecular formula is C11H18O2S. The third kappa shape index (κ3) is 2.80. The van der Waals surface area contributed by atoms with E-state index in [-0.39, 0.29) is 18.6 Å². The zero-order valence-corrected chi connectivity index (χ0v) is 9.39. The SMILES string of the molecule is CCC(CO)(CO)CCc1ccsc1. The van der Waals surface area contributed by atoms with E-state index < -0.39 is 0 Å². The van der Waals surface area contributed by atoms with Gasteiger partial charge in [0.25, 0.3) is 0 Å². The predicted octanol–water partition coefficient (Wildman–Crippen LogP) is 2.06. The molecule has 1 aromatic heterocycles. The van der Waals surface area contributed by atoms with Crippen LogP contribution in [0.1, 0.15) is 25.3 Å². The Bertz CT molecular complexity index is 232. The molecule has 0 fully saturated rings. The minimum absolute atomic E-state index is 0.0735. The lowest BCUT2D eigenvalue weighted by atomic mass is 9.81. The van der Waals surface area contributed by atoms with Crippen molar-refractivity contribution in [1.29, 1.82) is 0 Å². The Morgan fingerprint density at radius 2 is 2.07 bits per heavy atom. The largest absolute Gasteiger partial charge is 0.396 e. The molecule has 0 aliphatic carbocycles. The van der Waals surface area contributed by atoms with E-state index in [9.17, 15) is 10.2 Å². The highest BCUT2D eigenvalue weighted by Crippen LogP contribution is 2.27. The molecule has 0 aromatic carbocycles. The second kappa shape index (κ2) is 5.49. The van der Waals surface area contributed by atoms with Crippen LogP contribution in [0.5, 0.6) is 0 Å². The molecule has 1 heterocycles. The number of hydrogen-bond acceptors (Lipinski definition) is 3. The monoisotopic (exact) mass is 214 g/mol. The fourth-order valence-electron chi connectivity index (χ4n) is 1.45. The number of aliphatic hydroxyl groups is 2. The number of aliphatic hydroxyl groups excluding tert-OH is 2. The van der Waals surface area contributed by atoms with Crippen LogP contribution in [0.2, 0.25) is 0 Å². The molecule has 0 amide bonds. The second-order valence-electron chi connectivity index (χ2n) is 3.80. The number of aryl methyl sites for hydroxylation is 1. The molecule has 1 aromatic rings. The Morgan fingerprint density at radius 1 is 1.36 bits per heavy atom. The van der Waals surface area contributed by atoms with E-state index in [0.29, 0.717) is 0 Å². The molecule has 0 aliphatic heterocycles. The fraction of sp³-hybridized carbons (Fsp3) is 0.636. The van der Waals surface area contributed by atoms with Crippen molar-refractivity contribution < 1.29 is 10.2 Å². The Kier molecular flexibility index (Phi) is 4.58. The summed E-state index contributed by atoms with van der Waals surface area (Å²) >= 11 is 1.69. The Labute approximate surface area is 89.2 Å². The van der Waals surface area contributed by atoms with Gasteiger partial charge in [-0.3, -0.25) is 0 Å². The van der Waals surface area contributed by atoms with E-state index in [1.807, 2.05) is 6.92 Å². The first-order valence-corrected chi connectivity index (χ1v) is 5.93. The summed E-state index contributed by atoms with van der Waals surface area (Å²) in [5.41, 5.74) is 1.01. The van der Waals surface area contributed by atoms with Crippen LogP contribution in [0.3, 0.4) is 0 Å². The summed E-state index contributed by atoms with van der Waals surface area (Å²) in [6, 6.07) is 2.10. The zero-order valence-electron chi connectivity index (χ0n) is 8.57. The third-order valence-corrected chi connectivity index (χ3v) is 3.68. The van der Waals surface area contributed by atoms with Gasteiger partial charge in [0.1, 0.15) is 0 Å². The molecule has 3 heteroatoms. The molecule has 0 spiro atoms. The number of hydrogen-bond donors (Lipinski definition) is 2. The highest BCUT2D eigenvalue weighted by atomic mass is 32.1. The summed E-state index contributed by atoms with van der Waals surface area (Å²) in [5, 5.41) is 22.7. The standard InChI is InChI=1S/C11H18O2S/c1-2-11(8-12,9-13)5-3-10-4-6-14-7-10/h4,6-7,12-13H,2-3,5,8-9H2,1H3. The van der Waals surface area contributed by atoms with E-state index in [1.54, 1.807) is 11.3 Å². The molecule has 0 saturated carbocycles. The average molecular weight is 214 g/mol. The Morgan fingerprint density at radius 3 is 2.50 bits per heavy atom. The fourth-order valence-corrected chi connectivity index (χ4v) is 2.16. The van der Waals surface area contributed by atoms with Crippen molar-refractivity contribution in [2.75, 3.05) is 13.2 Å². The average Bonchev–Trinajstić information content (AvgIpc) is 2.74. The molecule has 14 heavy (non-hydrogen) atoms. The van der Waals surface area contributed by atoms with Crippen molar-refractivity contribution in [1.82, 2.24) is 0 Å². The molecule has 1 rings (SSSR count). The van der Waals surface area contributed by atoms with Gasteiger partial charge < -0.3 is 10.2 Å². The number of rotatable bonds is 6. The van der Waals surface area contributed by atoms with Crippen molar-refractivity contribution in [3.05, 3.63) is 22.4 Å². The van der Waals surface area contributed by atoms with E-state index >= 15 is 0 Å². The molecule has 0 unspecified atom stereocenters. The number of thiophene rings is 1. The maximum absolute atomic E-state index is 9.25. The summed E-state index contributed by atoms with van der Waals surface area (Å²) in [7, 11) is 0. The van der Waals surface area contributed by atoms with Gasteiger partial charge in [-0.2, -0.15) is 11.3 Å². The minimum Gasteiger partial charge on any atom is -0.396 e. The first-order chi connectivity index (χ1) is 6.76. The summed E-state index contributed by atoms with van der Waals surface area (Å²) in [4.78, 5) is 0. The van der Waals surface area contributed by atoms with Crippen LogP contribution in [-0.2, 0) is 6.42 Å². The summed E-state index contributed by atoms with van der Waals surface area (Å²) < 4.78 is 0. The van der Waals surface area contributed by atoms with E-state index in [0.717, 1.165) is 19.3 Å². The lowest BCUT2D eigenvalue weighted by Gasteiger charge is -2.28. The second-order valence-corrected chi connectivity index (χ2v) is 4.58. The van der Waals surface area contributed by atoms with Gasteiger partial charge in [-0.25, -0.2) is 0 Å². The van der Waals surface area contributed by atoms with Crippen LogP contribution >= 0.6 is 11.3 Å².